The zero-order valence-corrected chi connectivity index (χ0v) is 21.7. The average Bonchev–Trinajstić information content (AvgIpc) is 3.66. The zero-order valence-electron chi connectivity index (χ0n) is 21.7. The minimum atomic E-state index is -1.29. The van der Waals surface area contributed by atoms with Gasteiger partial charge in [0.2, 0.25) is 12.2 Å². The first-order valence-electron chi connectivity index (χ1n) is 12.7. The van der Waals surface area contributed by atoms with E-state index in [1.54, 1.807) is 18.9 Å². The summed E-state index contributed by atoms with van der Waals surface area (Å²) < 4.78 is 10.7. The van der Waals surface area contributed by atoms with Crippen LogP contribution in [0.4, 0.5) is 0 Å². The molecule has 0 radical (unpaired) electrons. The van der Waals surface area contributed by atoms with E-state index in [9.17, 15) is 9.90 Å². The van der Waals surface area contributed by atoms with Gasteiger partial charge < -0.3 is 24.3 Å². The predicted octanol–water partition coefficient (Wildman–Crippen LogP) is 2.80. The fourth-order valence-corrected chi connectivity index (χ4v) is 4.65. The quantitative estimate of drug-likeness (QED) is 0.260. The molecule has 2 aromatic carbocycles. The molecule has 0 spiro atoms. The number of benzene rings is 2. The molecule has 0 saturated heterocycles. The summed E-state index contributed by atoms with van der Waals surface area (Å²) >= 11 is 0. The molecule has 5 rings (SSSR count). The SMILES string of the molecule is COCC(=O)NC(Cn1cnc(-[n+]2cccc(C(O)(Cn3ccnc3)c3ccccc3)c2)c1)c1ccccc1. The van der Waals surface area contributed by atoms with Crippen molar-refractivity contribution in [3.8, 4) is 5.82 Å². The van der Waals surface area contributed by atoms with Crippen LogP contribution in [0.5, 0.6) is 0 Å². The van der Waals surface area contributed by atoms with E-state index in [-0.39, 0.29) is 18.6 Å². The minimum Gasteiger partial charge on any atom is -0.378 e. The highest BCUT2D eigenvalue weighted by atomic mass is 16.5. The lowest BCUT2D eigenvalue weighted by Crippen LogP contribution is -2.38. The molecule has 0 aliphatic rings. The molecule has 1 amide bonds. The molecule has 39 heavy (non-hydrogen) atoms. The number of carbonyl (C=O) groups excluding carboxylic acids is 1. The summed E-state index contributed by atoms with van der Waals surface area (Å²) in [5.41, 5.74) is 1.18. The number of hydrogen-bond acceptors (Lipinski definition) is 5. The van der Waals surface area contributed by atoms with E-state index < -0.39 is 5.60 Å². The number of nitrogens with one attached hydrogen (secondary N) is 1. The number of aromatic nitrogens is 5. The highest BCUT2D eigenvalue weighted by molar-refractivity contribution is 5.77. The number of aliphatic hydroxyl groups is 1. The van der Waals surface area contributed by atoms with Crippen molar-refractivity contribution in [1.29, 1.82) is 0 Å². The Morgan fingerprint density at radius 3 is 2.49 bits per heavy atom. The van der Waals surface area contributed by atoms with Crippen LogP contribution in [0.1, 0.15) is 22.7 Å². The maximum atomic E-state index is 12.3. The molecule has 0 fully saturated rings. The fraction of sp³-hybridized carbons (Fsp3) is 0.200. The first kappa shape index (κ1) is 26.0. The van der Waals surface area contributed by atoms with Gasteiger partial charge in [0, 0.05) is 25.1 Å². The van der Waals surface area contributed by atoms with Crippen molar-refractivity contribution in [3.63, 3.8) is 0 Å². The summed E-state index contributed by atoms with van der Waals surface area (Å²) in [5, 5.41) is 15.1. The van der Waals surface area contributed by atoms with Gasteiger partial charge in [-0.2, -0.15) is 0 Å². The largest absolute Gasteiger partial charge is 0.378 e. The standard InChI is InChI=1S/C30H30N6O3/c1-39-20-29(37)33-27(24-9-4-2-5-10-24)18-35-19-28(32-23-35)36-15-8-13-26(17-36)30(38,21-34-16-14-31-22-34)25-11-6-3-7-12-25/h2-17,19,22-23,27,38H,18,20-21H2,1H3/p+1. The Bertz CT molecular complexity index is 1490. The van der Waals surface area contributed by atoms with Crippen molar-refractivity contribution in [3.05, 3.63) is 133 Å². The lowest BCUT2D eigenvalue weighted by Gasteiger charge is -2.29. The van der Waals surface area contributed by atoms with Crippen LogP contribution >= 0.6 is 0 Å². The normalized spacial score (nSPS) is 13.5. The predicted molar refractivity (Wildman–Crippen MR) is 145 cm³/mol. The molecule has 2 unspecified atom stereocenters. The molecule has 9 heteroatoms. The van der Waals surface area contributed by atoms with Crippen LogP contribution in [-0.2, 0) is 28.2 Å². The van der Waals surface area contributed by atoms with Gasteiger partial charge in [-0.25, -0.2) is 9.55 Å². The third-order valence-corrected chi connectivity index (χ3v) is 6.59. The summed E-state index contributed by atoms with van der Waals surface area (Å²) in [5.74, 6) is 0.497. The van der Waals surface area contributed by atoms with E-state index in [2.05, 4.69) is 15.3 Å². The molecular formula is C30H31N6O3+. The molecule has 5 aromatic rings. The molecule has 2 atom stereocenters. The van der Waals surface area contributed by atoms with Crippen LogP contribution in [0.15, 0.2) is 116 Å². The van der Waals surface area contributed by atoms with Gasteiger partial charge in [-0.1, -0.05) is 60.7 Å². The molecule has 198 valence electrons. The Labute approximate surface area is 227 Å². The topological polar surface area (TPSA) is 98.1 Å². The monoisotopic (exact) mass is 523 g/mol. The molecule has 9 nitrogen and oxygen atoms in total. The second-order valence-corrected chi connectivity index (χ2v) is 9.35. The summed E-state index contributed by atoms with van der Waals surface area (Å²) in [4.78, 5) is 21.1. The Morgan fingerprint density at radius 2 is 1.77 bits per heavy atom. The van der Waals surface area contributed by atoms with Gasteiger partial charge in [-0.05, 0) is 28.2 Å². The van der Waals surface area contributed by atoms with Gasteiger partial charge in [-0.3, -0.25) is 4.79 Å². The Kier molecular flexibility index (Phi) is 7.91. The van der Waals surface area contributed by atoms with Crippen LogP contribution in [0.2, 0.25) is 0 Å². The van der Waals surface area contributed by atoms with Gasteiger partial charge in [0.1, 0.15) is 24.6 Å². The number of pyridine rings is 1. The number of amides is 1. The van der Waals surface area contributed by atoms with Gasteiger partial charge >= 0.3 is 5.82 Å². The third kappa shape index (κ3) is 6.11. The molecular weight excluding hydrogens is 492 g/mol. The van der Waals surface area contributed by atoms with Crippen molar-refractivity contribution < 1.29 is 19.2 Å². The Balaban J connectivity index is 1.43. The summed E-state index contributed by atoms with van der Waals surface area (Å²) in [6.07, 6.45) is 12.7. The van der Waals surface area contributed by atoms with Crippen LogP contribution in [0, 0.1) is 0 Å². The first-order valence-corrected chi connectivity index (χ1v) is 12.7. The molecule has 3 heterocycles. The van der Waals surface area contributed by atoms with Gasteiger partial charge in [0.15, 0.2) is 0 Å². The lowest BCUT2D eigenvalue weighted by molar-refractivity contribution is -0.600. The fourth-order valence-electron chi connectivity index (χ4n) is 4.65. The van der Waals surface area contributed by atoms with Crippen LogP contribution in [0.3, 0.4) is 0 Å². The molecule has 0 aliphatic heterocycles. The van der Waals surface area contributed by atoms with Crippen molar-refractivity contribution >= 4 is 5.91 Å². The van der Waals surface area contributed by atoms with Crippen molar-refractivity contribution in [2.45, 2.75) is 24.7 Å². The first-order chi connectivity index (χ1) is 19.0. The zero-order chi connectivity index (χ0) is 27.1. The molecule has 2 N–H and O–H groups in total. The van der Waals surface area contributed by atoms with E-state index in [4.69, 9.17) is 4.74 Å². The summed E-state index contributed by atoms with van der Waals surface area (Å²) in [6.45, 7) is 0.779. The maximum Gasteiger partial charge on any atom is 0.345 e. The van der Waals surface area contributed by atoms with Crippen molar-refractivity contribution in [2.75, 3.05) is 13.7 Å². The Hall–Kier alpha value is -4.60. The smallest absolute Gasteiger partial charge is 0.345 e. The van der Waals surface area contributed by atoms with E-state index in [0.29, 0.717) is 24.5 Å². The van der Waals surface area contributed by atoms with E-state index in [0.717, 1.165) is 11.1 Å². The summed E-state index contributed by atoms with van der Waals surface area (Å²) in [7, 11) is 1.50. The third-order valence-electron chi connectivity index (χ3n) is 6.59. The van der Waals surface area contributed by atoms with Gasteiger partial charge in [-0.15, -0.1) is 0 Å². The lowest BCUT2D eigenvalue weighted by atomic mass is 9.87. The van der Waals surface area contributed by atoms with Gasteiger partial charge in [0.05, 0.1) is 31.7 Å². The summed E-state index contributed by atoms with van der Waals surface area (Å²) in [6, 6.07) is 23.0. The molecule has 0 saturated carbocycles. The molecule has 0 bridgehead atoms. The van der Waals surface area contributed by atoms with Crippen LogP contribution in [0.25, 0.3) is 5.82 Å². The van der Waals surface area contributed by atoms with Crippen molar-refractivity contribution in [1.82, 2.24) is 24.4 Å². The number of methoxy groups -OCH3 is 1. The van der Waals surface area contributed by atoms with E-state index >= 15 is 0 Å². The van der Waals surface area contributed by atoms with Gasteiger partial charge in [0.25, 0.3) is 0 Å². The number of hydrogen-bond donors (Lipinski definition) is 2. The molecule has 0 aliphatic carbocycles. The van der Waals surface area contributed by atoms with E-state index in [1.165, 1.54) is 7.11 Å². The number of ether oxygens (including phenoxy) is 1. The van der Waals surface area contributed by atoms with Crippen LogP contribution < -0.4 is 9.88 Å². The maximum absolute atomic E-state index is 12.3. The number of nitrogens with zero attached hydrogens (tertiary/aromatic N) is 5. The number of imidazole rings is 2. The second-order valence-electron chi connectivity index (χ2n) is 9.35. The number of carbonyl (C=O) groups is 1. The molecule has 3 aromatic heterocycles. The van der Waals surface area contributed by atoms with E-state index in [1.807, 2.05) is 111 Å². The average molecular weight is 524 g/mol. The van der Waals surface area contributed by atoms with Crippen molar-refractivity contribution in [2.24, 2.45) is 0 Å². The Morgan fingerprint density at radius 1 is 1.03 bits per heavy atom. The highest BCUT2D eigenvalue weighted by Crippen LogP contribution is 2.31. The second kappa shape index (κ2) is 11.8. The number of rotatable bonds is 11. The minimum absolute atomic E-state index is 0.00937. The van der Waals surface area contributed by atoms with Crippen LogP contribution in [-0.4, -0.2) is 43.8 Å². The highest BCUT2D eigenvalue weighted by Gasteiger charge is 2.33.